The molecule has 0 spiro atoms. The van der Waals surface area contributed by atoms with Gasteiger partial charge in [0, 0.05) is 41.4 Å². The Labute approximate surface area is 145 Å². The van der Waals surface area contributed by atoms with Gasteiger partial charge in [-0.1, -0.05) is 18.2 Å². The van der Waals surface area contributed by atoms with Crippen LogP contribution in [0.1, 0.15) is 33.6 Å². The Kier molecular flexibility index (Phi) is 3.76. The lowest BCUT2D eigenvalue weighted by atomic mass is 10.1. The van der Waals surface area contributed by atoms with E-state index in [1.54, 1.807) is 24.3 Å². The number of nitrogens with one attached hydrogen (secondary N) is 2. The minimum Gasteiger partial charge on any atom is -0.350 e. The van der Waals surface area contributed by atoms with Gasteiger partial charge < -0.3 is 15.2 Å². The fourth-order valence-corrected chi connectivity index (χ4v) is 2.92. The van der Waals surface area contributed by atoms with Crippen molar-refractivity contribution >= 4 is 28.4 Å². The maximum atomic E-state index is 12.6. The van der Waals surface area contributed by atoms with E-state index in [0.29, 0.717) is 22.9 Å². The maximum Gasteiger partial charge on any atom is 0.257 e. The Morgan fingerprint density at radius 1 is 1.00 bits per heavy atom. The lowest BCUT2D eigenvalue weighted by Crippen LogP contribution is -2.25. The van der Waals surface area contributed by atoms with E-state index in [1.807, 2.05) is 42.1 Å². The Hall–Kier alpha value is -3.08. The average molecular weight is 333 g/mol. The zero-order chi connectivity index (χ0) is 17.4. The van der Waals surface area contributed by atoms with Gasteiger partial charge >= 0.3 is 0 Å². The number of aromatic nitrogens is 1. The van der Waals surface area contributed by atoms with Crippen LogP contribution in [0.3, 0.4) is 0 Å². The summed E-state index contributed by atoms with van der Waals surface area (Å²) in [5, 5.41) is 6.77. The summed E-state index contributed by atoms with van der Waals surface area (Å²) in [5.41, 5.74) is 2.92. The standard InChI is InChI=1S/C20H19N3O2/c1-23-12-17(16-4-2-3-5-18(16)23)20(25)22-14-8-6-13(7-9-14)19(24)21-15-10-11-15/h2-9,12,15H,10-11H2,1H3,(H,21,24)(H,22,25). The molecule has 2 aromatic carbocycles. The minimum absolute atomic E-state index is 0.0607. The summed E-state index contributed by atoms with van der Waals surface area (Å²) in [6.45, 7) is 0. The SMILES string of the molecule is Cn1cc(C(=O)Nc2ccc(C(=O)NC3CC3)cc2)c2ccccc21. The zero-order valence-corrected chi connectivity index (χ0v) is 14.0. The van der Waals surface area contributed by atoms with Crippen LogP contribution in [0.25, 0.3) is 10.9 Å². The number of aryl methyl sites for hydroxylation is 1. The number of benzene rings is 2. The van der Waals surface area contributed by atoms with Crippen LogP contribution in [-0.2, 0) is 7.05 Å². The van der Waals surface area contributed by atoms with Crippen molar-refractivity contribution in [2.24, 2.45) is 7.05 Å². The lowest BCUT2D eigenvalue weighted by molar-refractivity contribution is 0.0950. The molecule has 0 atom stereocenters. The molecule has 2 amide bonds. The number of hydrogen-bond donors (Lipinski definition) is 2. The molecule has 1 heterocycles. The van der Waals surface area contributed by atoms with Gasteiger partial charge in [-0.3, -0.25) is 9.59 Å². The first kappa shape index (κ1) is 15.4. The van der Waals surface area contributed by atoms with Crippen molar-refractivity contribution in [1.29, 1.82) is 0 Å². The molecule has 0 saturated heterocycles. The van der Waals surface area contributed by atoms with Crippen LogP contribution >= 0.6 is 0 Å². The van der Waals surface area contributed by atoms with E-state index in [9.17, 15) is 9.59 Å². The molecule has 25 heavy (non-hydrogen) atoms. The molecule has 4 rings (SSSR count). The molecule has 5 nitrogen and oxygen atoms in total. The monoisotopic (exact) mass is 333 g/mol. The molecule has 0 unspecified atom stereocenters. The molecule has 5 heteroatoms. The van der Waals surface area contributed by atoms with Gasteiger partial charge in [0.05, 0.1) is 5.56 Å². The molecule has 0 radical (unpaired) electrons. The fourth-order valence-electron chi connectivity index (χ4n) is 2.92. The molecule has 1 saturated carbocycles. The van der Waals surface area contributed by atoms with Crippen molar-refractivity contribution < 1.29 is 9.59 Å². The van der Waals surface area contributed by atoms with Crippen LogP contribution in [0.2, 0.25) is 0 Å². The molecule has 0 bridgehead atoms. The number of amides is 2. The molecule has 0 aliphatic heterocycles. The van der Waals surface area contributed by atoms with Gasteiger partial charge in [0.2, 0.25) is 0 Å². The first-order chi connectivity index (χ1) is 12.1. The van der Waals surface area contributed by atoms with Gasteiger partial charge in [0.1, 0.15) is 0 Å². The largest absolute Gasteiger partial charge is 0.350 e. The van der Waals surface area contributed by atoms with Crippen molar-refractivity contribution in [2.75, 3.05) is 5.32 Å². The predicted octanol–water partition coefficient (Wildman–Crippen LogP) is 3.32. The van der Waals surface area contributed by atoms with Gasteiger partial charge in [-0.2, -0.15) is 0 Å². The van der Waals surface area contributed by atoms with Crippen molar-refractivity contribution in [3.63, 3.8) is 0 Å². The summed E-state index contributed by atoms with van der Waals surface area (Å²) < 4.78 is 1.94. The Bertz CT molecular complexity index is 953. The van der Waals surface area contributed by atoms with Gasteiger partial charge in [-0.25, -0.2) is 0 Å². The average Bonchev–Trinajstić information content (AvgIpc) is 3.37. The molecular weight excluding hydrogens is 314 g/mol. The minimum atomic E-state index is -0.160. The second-order valence-electron chi connectivity index (χ2n) is 6.45. The zero-order valence-electron chi connectivity index (χ0n) is 14.0. The van der Waals surface area contributed by atoms with Gasteiger partial charge in [-0.15, -0.1) is 0 Å². The summed E-state index contributed by atoms with van der Waals surface area (Å²) >= 11 is 0. The highest BCUT2D eigenvalue weighted by atomic mass is 16.2. The Balaban J connectivity index is 1.51. The molecule has 1 aliphatic rings. The number of anilines is 1. The third kappa shape index (κ3) is 3.13. The van der Waals surface area contributed by atoms with E-state index in [-0.39, 0.29) is 11.8 Å². The number of carbonyl (C=O) groups is 2. The number of rotatable bonds is 4. The lowest BCUT2D eigenvalue weighted by Gasteiger charge is -2.07. The Morgan fingerprint density at radius 2 is 1.72 bits per heavy atom. The number of hydrogen-bond acceptors (Lipinski definition) is 2. The predicted molar refractivity (Wildman–Crippen MR) is 97.8 cm³/mol. The van der Waals surface area contributed by atoms with E-state index in [4.69, 9.17) is 0 Å². The van der Waals surface area contributed by atoms with E-state index in [2.05, 4.69) is 10.6 Å². The summed E-state index contributed by atoms with van der Waals surface area (Å²) in [6.07, 6.45) is 3.95. The fraction of sp³-hybridized carbons (Fsp3) is 0.200. The third-order valence-corrected chi connectivity index (χ3v) is 4.46. The molecule has 2 N–H and O–H groups in total. The third-order valence-electron chi connectivity index (χ3n) is 4.46. The molecule has 3 aromatic rings. The quantitative estimate of drug-likeness (QED) is 0.769. The molecular formula is C20H19N3O2. The van der Waals surface area contributed by atoms with Gasteiger partial charge in [-0.05, 0) is 43.2 Å². The highest BCUT2D eigenvalue weighted by molar-refractivity contribution is 6.13. The van der Waals surface area contributed by atoms with E-state index < -0.39 is 0 Å². The van der Waals surface area contributed by atoms with Crippen molar-refractivity contribution in [3.8, 4) is 0 Å². The van der Waals surface area contributed by atoms with E-state index in [1.165, 1.54) is 0 Å². The molecule has 126 valence electrons. The van der Waals surface area contributed by atoms with E-state index >= 15 is 0 Å². The summed E-state index contributed by atoms with van der Waals surface area (Å²) in [5.74, 6) is -0.221. The van der Waals surface area contributed by atoms with Crippen LogP contribution in [0.15, 0.2) is 54.7 Å². The smallest absolute Gasteiger partial charge is 0.257 e. The van der Waals surface area contributed by atoms with Crippen LogP contribution in [-0.4, -0.2) is 22.4 Å². The Morgan fingerprint density at radius 3 is 2.44 bits per heavy atom. The highest BCUT2D eigenvalue weighted by Gasteiger charge is 2.23. The summed E-state index contributed by atoms with van der Waals surface area (Å²) in [7, 11) is 1.92. The second kappa shape index (κ2) is 6.09. The molecule has 1 aromatic heterocycles. The van der Waals surface area contributed by atoms with Gasteiger partial charge in [0.25, 0.3) is 11.8 Å². The van der Waals surface area contributed by atoms with Crippen LogP contribution in [0.5, 0.6) is 0 Å². The van der Waals surface area contributed by atoms with Crippen LogP contribution < -0.4 is 10.6 Å². The number of carbonyl (C=O) groups excluding carboxylic acids is 2. The van der Waals surface area contributed by atoms with Crippen LogP contribution in [0, 0.1) is 0 Å². The second-order valence-corrected chi connectivity index (χ2v) is 6.45. The first-order valence-corrected chi connectivity index (χ1v) is 8.38. The topological polar surface area (TPSA) is 63.1 Å². The van der Waals surface area contributed by atoms with Crippen LogP contribution in [0.4, 0.5) is 5.69 Å². The highest BCUT2D eigenvalue weighted by Crippen LogP contribution is 2.22. The number of nitrogens with zero attached hydrogens (tertiary/aromatic N) is 1. The molecule has 1 aliphatic carbocycles. The molecule has 1 fully saturated rings. The number of para-hydroxylation sites is 1. The van der Waals surface area contributed by atoms with E-state index in [0.717, 1.165) is 23.7 Å². The normalized spacial score (nSPS) is 13.6. The van der Waals surface area contributed by atoms with Gasteiger partial charge in [0.15, 0.2) is 0 Å². The summed E-state index contributed by atoms with van der Waals surface area (Å²) in [6, 6.07) is 15.1. The van der Waals surface area contributed by atoms with Crippen molar-refractivity contribution in [2.45, 2.75) is 18.9 Å². The number of fused-ring (bicyclic) bond motifs is 1. The first-order valence-electron chi connectivity index (χ1n) is 8.38. The van der Waals surface area contributed by atoms with Crippen molar-refractivity contribution in [1.82, 2.24) is 9.88 Å². The summed E-state index contributed by atoms with van der Waals surface area (Å²) in [4.78, 5) is 24.6. The maximum absolute atomic E-state index is 12.6. The van der Waals surface area contributed by atoms with Crippen molar-refractivity contribution in [3.05, 3.63) is 65.9 Å².